The number of hydrogen-bond donors (Lipinski definition) is 2. The van der Waals surface area contributed by atoms with Gasteiger partial charge in [0.2, 0.25) is 0 Å². The number of nitrogens with one attached hydrogen (secondary N) is 1. The van der Waals surface area contributed by atoms with E-state index in [1.165, 1.54) is 5.56 Å². The number of urea groups is 1. The molecule has 0 spiro atoms. The maximum Gasteiger partial charge on any atom is 0.318 e. The van der Waals surface area contributed by atoms with Gasteiger partial charge < -0.3 is 15.3 Å². The normalized spacial score (nSPS) is 17.0. The average Bonchev–Trinajstić information content (AvgIpc) is 2.89. The van der Waals surface area contributed by atoms with Crippen molar-refractivity contribution >= 4 is 17.4 Å². The van der Waals surface area contributed by atoms with E-state index in [-0.39, 0.29) is 18.7 Å². The molecule has 1 aliphatic rings. The molecule has 0 fully saturated rings. The molecule has 1 aromatic heterocycles. The first kappa shape index (κ1) is 16.0. The minimum Gasteiger partial charge on any atom is -0.394 e. The van der Waals surface area contributed by atoms with Crippen molar-refractivity contribution in [2.45, 2.75) is 32.9 Å². The molecule has 0 saturated heterocycles. The van der Waals surface area contributed by atoms with Gasteiger partial charge in [0.05, 0.1) is 29.9 Å². The molecule has 122 valence electrons. The summed E-state index contributed by atoms with van der Waals surface area (Å²) in [5.41, 5.74) is 3.22. The van der Waals surface area contributed by atoms with Gasteiger partial charge in [-0.3, -0.25) is 0 Å². The zero-order chi connectivity index (χ0) is 16.4. The number of aryl methyl sites for hydroxylation is 2. The van der Waals surface area contributed by atoms with E-state index in [1.807, 2.05) is 32.0 Å². The Morgan fingerprint density at radius 3 is 2.91 bits per heavy atom. The van der Waals surface area contributed by atoms with E-state index in [9.17, 15) is 9.90 Å². The lowest BCUT2D eigenvalue weighted by Gasteiger charge is -2.36. The molecule has 1 atom stereocenters. The van der Waals surface area contributed by atoms with E-state index in [2.05, 4.69) is 16.4 Å². The summed E-state index contributed by atoms with van der Waals surface area (Å²) < 4.78 is 0. The smallest absolute Gasteiger partial charge is 0.318 e. The molecule has 2 heterocycles. The lowest BCUT2D eigenvalue weighted by molar-refractivity contribution is 0.127. The van der Waals surface area contributed by atoms with Crippen LogP contribution in [0.5, 0.6) is 0 Å². The predicted octanol–water partition coefficient (Wildman–Crippen LogP) is 2.56. The first-order valence-corrected chi connectivity index (χ1v) is 8.58. The predicted molar refractivity (Wildman–Crippen MR) is 90.5 cm³/mol. The summed E-state index contributed by atoms with van der Waals surface area (Å²) in [5.74, 6) is 0. The number of thiazole rings is 1. The fourth-order valence-electron chi connectivity index (χ4n) is 3.09. The minimum absolute atomic E-state index is 0.0663. The summed E-state index contributed by atoms with van der Waals surface area (Å²) in [7, 11) is 0. The number of benzene rings is 1. The maximum absolute atomic E-state index is 12.6. The molecule has 3 rings (SSSR count). The molecule has 0 aliphatic carbocycles. The van der Waals surface area contributed by atoms with Crippen molar-refractivity contribution < 1.29 is 9.90 Å². The second-order valence-electron chi connectivity index (χ2n) is 5.74. The Morgan fingerprint density at radius 2 is 2.22 bits per heavy atom. The van der Waals surface area contributed by atoms with Gasteiger partial charge in [0, 0.05) is 11.4 Å². The molecular formula is C17H21N3O2S. The Labute approximate surface area is 140 Å². The monoisotopic (exact) mass is 331 g/mol. The van der Waals surface area contributed by atoms with E-state index in [4.69, 9.17) is 0 Å². The number of carbonyl (C=O) groups is 1. The zero-order valence-electron chi connectivity index (χ0n) is 13.4. The van der Waals surface area contributed by atoms with Gasteiger partial charge >= 0.3 is 6.03 Å². The van der Waals surface area contributed by atoms with Gasteiger partial charge in [0.1, 0.15) is 0 Å². The number of aliphatic hydroxyl groups is 1. The Kier molecular flexibility index (Phi) is 4.63. The minimum atomic E-state index is -0.274. The number of rotatable bonds is 3. The van der Waals surface area contributed by atoms with Gasteiger partial charge in [-0.1, -0.05) is 24.3 Å². The molecule has 2 amide bonds. The quantitative estimate of drug-likeness (QED) is 0.908. The van der Waals surface area contributed by atoms with E-state index < -0.39 is 0 Å². The first-order chi connectivity index (χ1) is 11.1. The standard InChI is InChI=1S/C17H21N3O2S/c1-11-16(23-12(2)19-11)9-18-17(22)20-8-7-13-5-3-4-6-14(13)15(20)10-21/h3-6,15,21H,7-10H2,1-2H3,(H,18,22). The van der Waals surface area contributed by atoms with Gasteiger partial charge in [0.25, 0.3) is 0 Å². The van der Waals surface area contributed by atoms with E-state index >= 15 is 0 Å². The Bertz CT molecular complexity index is 714. The maximum atomic E-state index is 12.6. The van der Waals surface area contributed by atoms with Gasteiger partial charge in [-0.25, -0.2) is 9.78 Å². The summed E-state index contributed by atoms with van der Waals surface area (Å²) in [6, 6.07) is 7.60. The fraction of sp³-hybridized carbons (Fsp3) is 0.412. The molecular weight excluding hydrogens is 310 g/mol. The van der Waals surface area contributed by atoms with Gasteiger partial charge in [-0.2, -0.15) is 0 Å². The molecule has 0 saturated carbocycles. The van der Waals surface area contributed by atoms with Crippen molar-refractivity contribution in [3.05, 3.63) is 51.0 Å². The number of aliphatic hydroxyl groups excluding tert-OH is 1. The third-order valence-corrected chi connectivity index (χ3v) is 5.32. The highest BCUT2D eigenvalue weighted by Gasteiger charge is 2.30. The van der Waals surface area contributed by atoms with E-state index in [0.717, 1.165) is 27.6 Å². The SMILES string of the molecule is Cc1nc(C)c(CNC(=O)N2CCc3ccccc3C2CO)s1. The van der Waals surface area contributed by atoms with Crippen molar-refractivity contribution in [2.24, 2.45) is 0 Å². The van der Waals surface area contributed by atoms with Crippen LogP contribution in [0.4, 0.5) is 4.79 Å². The molecule has 6 heteroatoms. The molecule has 1 aliphatic heterocycles. The molecule has 1 unspecified atom stereocenters. The summed E-state index contributed by atoms with van der Waals surface area (Å²) >= 11 is 1.60. The topological polar surface area (TPSA) is 65.5 Å². The summed E-state index contributed by atoms with van der Waals surface area (Å²) in [6.07, 6.45) is 0.818. The van der Waals surface area contributed by atoms with Crippen molar-refractivity contribution in [1.82, 2.24) is 15.2 Å². The lowest BCUT2D eigenvalue weighted by Crippen LogP contribution is -2.46. The second-order valence-corrected chi connectivity index (χ2v) is 7.03. The third kappa shape index (κ3) is 3.23. The highest BCUT2D eigenvalue weighted by Crippen LogP contribution is 2.29. The van der Waals surface area contributed by atoms with Crippen LogP contribution in [0, 0.1) is 13.8 Å². The number of amides is 2. The average molecular weight is 331 g/mol. The van der Waals surface area contributed by atoms with Crippen molar-refractivity contribution in [3.8, 4) is 0 Å². The summed E-state index contributed by atoms with van der Waals surface area (Å²) in [6.45, 7) is 4.95. The number of hydrogen-bond acceptors (Lipinski definition) is 4. The highest BCUT2D eigenvalue weighted by molar-refractivity contribution is 7.11. The number of fused-ring (bicyclic) bond motifs is 1. The van der Waals surface area contributed by atoms with Crippen LogP contribution in [-0.2, 0) is 13.0 Å². The third-order valence-electron chi connectivity index (χ3n) is 4.25. The summed E-state index contributed by atoms with van der Waals surface area (Å²) in [5, 5.41) is 13.7. The van der Waals surface area contributed by atoms with Crippen LogP contribution in [0.2, 0.25) is 0 Å². The largest absolute Gasteiger partial charge is 0.394 e. The number of carbonyl (C=O) groups excluding carboxylic acids is 1. The summed E-state index contributed by atoms with van der Waals surface area (Å²) in [4.78, 5) is 19.7. The van der Waals surface area contributed by atoms with E-state index in [0.29, 0.717) is 13.1 Å². The molecule has 5 nitrogen and oxygen atoms in total. The van der Waals surface area contributed by atoms with Crippen LogP contribution in [0.25, 0.3) is 0 Å². The lowest BCUT2D eigenvalue weighted by atomic mass is 9.93. The number of aromatic nitrogens is 1. The Hall–Kier alpha value is -1.92. The van der Waals surface area contributed by atoms with Crippen LogP contribution in [0.3, 0.4) is 0 Å². The first-order valence-electron chi connectivity index (χ1n) is 7.76. The van der Waals surface area contributed by atoms with Gasteiger partial charge in [-0.15, -0.1) is 11.3 Å². The van der Waals surface area contributed by atoms with E-state index in [1.54, 1.807) is 16.2 Å². The van der Waals surface area contributed by atoms with Crippen LogP contribution < -0.4 is 5.32 Å². The highest BCUT2D eigenvalue weighted by atomic mass is 32.1. The van der Waals surface area contributed by atoms with Crippen LogP contribution in [0.1, 0.15) is 32.7 Å². The molecule has 1 aromatic carbocycles. The Balaban J connectivity index is 1.71. The number of nitrogens with zero attached hydrogens (tertiary/aromatic N) is 2. The van der Waals surface area contributed by atoms with Crippen molar-refractivity contribution in [2.75, 3.05) is 13.2 Å². The molecule has 0 radical (unpaired) electrons. The van der Waals surface area contributed by atoms with Gasteiger partial charge in [-0.05, 0) is 31.4 Å². The molecule has 0 bridgehead atoms. The fourth-order valence-corrected chi connectivity index (χ4v) is 3.96. The molecule has 2 N–H and O–H groups in total. The van der Waals surface area contributed by atoms with Crippen LogP contribution in [-0.4, -0.2) is 34.2 Å². The Morgan fingerprint density at radius 1 is 1.43 bits per heavy atom. The van der Waals surface area contributed by atoms with Crippen LogP contribution >= 0.6 is 11.3 Å². The van der Waals surface area contributed by atoms with Crippen LogP contribution in [0.15, 0.2) is 24.3 Å². The van der Waals surface area contributed by atoms with Crippen molar-refractivity contribution in [3.63, 3.8) is 0 Å². The second kappa shape index (κ2) is 6.68. The van der Waals surface area contributed by atoms with Crippen molar-refractivity contribution in [1.29, 1.82) is 0 Å². The zero-order valence-corrected chi connectivity index (χ0v) is 14.2. The van der Waals surface area contributed by atoms with Gasteiger partial charge in [0.15, 0.2) is 0 Å². The molecule has 23 heavy (non-hydrogen) atoms. The molecule has 2 aromatic rings.